The molecule has 7 heteroatoms. The van der Waals surface area contributed by atoms with Crippen molar-refractivity contribution in [2.75, 3.05) is 6.54 Å². The van der Waals surface area contributed by atoms with Gasteiger partial charge in [0, 0.05) is 19.0 Å². The summed E-state index contributed by atoms with van der Waals surface area (Å²) < 4.78 is 25.9. The molecule has 0 radical (unpaired) electrons. The number of nitrogens with one attached hydrogen (secondary N) is 1. The third-order valence-electron chi connectivity index (χ3n) is 6.85. The lowest BCUT2D eigenvalue weighted by molar-refractivity contribution is -0.136. The molecule has 0 bridgehead atoms. The van der Waals surface area contributed by atoms with Crippen molar-refractivity contribution in [1.82, 2.24) is 10.2 Å². The van der Waals surface area contributed by atoms with E-state index in [4.69, 9.17) is 9.15 Å². The minimum atomic E-state index is -0.411. The van der Waals surface area contributed by atoms with Gasteiger partial charge in [0.25, 0.3) is 5.91 Å². The Morgan fingerprint density at radius 2 is 1.85 bits per heavy atom. The lowest BCUT2D eigenvalue weighted by atomic mass is 9.87. The summed E-state index contributed by atoms with van der Waals surface area (Å²) in [4.78, 5) is 27.4. The number of benzene rings is 3. The molecule has 0 aliphatic carbocycles. The van der Waals surface area contributed by atoms with E-state index in [0.29, 0.717) is 31.0 Å². The Labute approximate surface area is 227 Å². The van der Waals surface area contributed by atoms with Crippen LogP contribution in [0, 0.1) is 11.7 Å². The third-order valence-corrected chi connectivity index (χ3v) is 6.85. The number of nitrogens with zero attached hydrogens (tertiary/aromatic N) is 1. The molecular formula is C32H31FN2O4. The maximum absolute atomic E-state index is 14.2. The van der Waals surface area contributed by atoms with Gasteiger partial charge in [-0.3, -0.25) is 9.59 Å². The van der Waals surface area contributed by atoms with Crippen molar-refractivity contribution in [3.8, 4) is 5.75 Å². The van der Waals surface area contributed by atoms with Gasteiger partial charge in [-0.05, 0) is 65.1 Å². The second-order valence-electron chi connectivity index (χ2n) is 9.98. The zero-order valence-corrected chi connectivity index (χ0v) is 22.0. The molecule has 0 spiro atoms. The van der Waals surface area contributed by atoms with Crippen LogP contribution in [0.4, 0.5) is 4.39 Å². The first-order chi connectivity index (χ1) is 18.9. The molecular weight excluding hydrogens is 495 g/mol. The van der Waals surface area contributed by atoms with E-state index in [1.807, 2.05) is 73.3 Å². The molecule has 0 fully saturated rings. The summed E-state index contributed by atoms with van der Waals surface area (Å²) in [6.45, 7) is 4.85. The fourth-order valence-electron chi connectivity index (χ4n) is 4.89. The smallest absolute Gasteiger partial charge is 0.287 e. The Morgan fingerprint density at radius 3 is 2.62 bits per heavy atom. The van der Waals surface area contributed by atoms with E-state index in [2.05, 4.69) is 5.32 Å². The SMILES string of the molecule is CC(C)C(=O)N1CCc2ccc(OCc3ccc(C(=O)NCc4ccccc4)o3)cc2[C@H]1c1cccc(F)c1. The van der Waals surface area contributed by atoms with Crippen LogP contribution in [0.1, 0.15) is 58.5 Å². The van der Waals surface area contributed by atoms with Crippen molar-refractivity contribution in [1.29, 1.82) is 0 Å². The number of furan rings is 1. The number of rotatable bonds is 8. The van der Waals surface area contributed by atoms with Crippen molar-refractivity contribution < 1.29 is 23.1 Å². The lowest BCUT2D eigenvalue weighted by Gasteiger charge is -2.39. The van der Waals surface area contributed by atoms with Crippen molar-refractivity contribution in [2.24, 2.45) is 5.92 Å². The molecule has 2 heterocycles. The molecule has 3 aromatic carbocycles. The highest BCUT2D eigenvalue weighted by Crippen LogP contribution is 2.38. The normalized spacial score (nSPS) is 14.7. The van der Waals surface area contributed by atoms with Crippen molar-refractivity contribution >= 4 is 11.8 Å². The Balaban J connectivity index is 1.31. The summed E-state index contributed by atoms with van der Waals surface area (Å²) in [6, 6.07) is 24.8. The standard InChI is InChI=1S/C32H31FN2O4/c1-21(2)32(37)35-16-15-23-11-12-26(18-28(23)30(35)24-9-6-10-25(33)17-24)38-20-27-13-14-29(39-27)31(36)34-19-22-7-4-3-5-8-22/h3-14,17-18,21,30H,15-16,19-20H2,1-2H3,(H,34,36)/t30-/m1/s1. The maximum atomic E-state index is 14.2. The lowest BCUT2D eigenvalue weighted by Crippen LogP contribution is -2.42. The van der Waals surface area contributed by atoms with Crippen LogP contribution in [0.3, 0.4) is 0 Å². The predicted molar refractivity (Wildman–Crippen MR) is 146 cm³/mol. The Bertz CT molecular complexity index is 1460. The predicted octanol–water partition coefficient (Wildman–Crippen LogP) is 6.06. The molecule has 0 unspecified atom stereocenters. The first-order valence-electron chi connectivity index (χ1n) is 13.1. The Kier molecular flexibility index (Phi) is 7.77. The Hall–Kier alpha value is -4.39. The number of fused-ring (bicyclic) bond motifs is 1. The fourth-order valence-corrected chi connectivity index (χ4v) is 4.89. The summed E-state index contributed by atoms with van der Waals surface area (Å²) in [5, 5.41) is 2.85. The van der Waals surface area contributed by atoms with Crippen LogP contribution < -0.4 is 10.1 Å². The average molecular weight is 527 g/mol. The molecule has 6 nitrogen and oxygen atoms in total. The van der Waals surface area contributed by atoms with Gasteiger partial charge in [0.2, 0.25) is 5.91 Å². The van der Waals surface area contributed by atoms with Crippen LogP contribution in [0.15, 0.2) is 89.3 Å². The van der Waals surface area contributed by atoms with Crippen LogP contribution in [-0.4, -0.2) is 23.3 Å². The van der Waals surface area contributed by atoms with E-state index in [-0.39, 0.29) is 35.9 Å². The van der Waals surface area contributed by atoms with Gasteiger partial charge in [0.15, 0.2) is 5.76 Å². The molecule has 0 saturated heterocycles. The molecule has 4 aromatic rings. The monoisotopic (exact) mass is 526 g/mol. The fraction of sp³-hybridized carbons (Fsp3) is 0.250. The molecule has 0 saturated carbocycles. The van der Waals surface area contributed by atoms with Gasteiger partial charge in [0.05, 0.1) is 6.04 Å². The zero-order valence-electron chi connectivity index (χ0n) is 22.0. The minimum Gasteiger partial charge on any atom is -0.486 e. The summed E-state index contributed by atoms with van der Waals surface area (Å²) in [5.74, 6) is 0.521. The summed E-state index contributed by atoms with van der Waals surface area (Å²) in [7, 11) is 0. The van der Waals surface area contributed by atoms with Gasteiger partial charge in [-0.1, -0.05) is 62.4 Å². The average Bonchev–Trinajstić information content (AvgIpc) is 3.43. The topological polar surface area (TPSA) is 71.8 Å². The van der Waals surface area contributed by atoms with E-state index in [1.165, 1.54) is 12.1 Å². The third kappa shape index (κ3) is 6.03. The van der Waals surface area contributed by atoms with Gasteiger partial charge in [-0.25, -0.2) is 4.39 Å². The minimum absolute atomic E-state index is 0.0230. The van der Waals surface area contributed by atoms with E-state index < -0.39 is 6.04 Å². The molecule has 200 valence electrons. The number of carbonyl (C=O) groups excluding carboxylic acids is 2. The summed E-state index contributed by atoms with van der Waals surface area (Å²) in [6.07, 6.45) is 0.708. The quantitative estimate of drug-likeness (QED) is 0.303. The molecule has 1 atom stereocenters. The number of carbonyl (C=O) groups is 2. The van der Waals surface area contributed by atoms with E-state index in [1.54, 1.807) is 18.2 Å². The van der Waals surface area contributed by atoms with Crippen LogP contribution >= 0.6 is 0 Å². The van der Waals surface area contributed by atoms with Crippen LogP contribution in [-0.2, 0) is 24.4 Å². The molecule has 2 amide bonds. The van der Waals surface area contributed by atoms with Crippen molar-refractivity contribution in [3.05, 3.63) is 125 Å². The van der Waals surface area contributed by atoms with Gasteiger partial charge in [-0.15, -0.1) is 0 Å². The number of hydrogen-bond donors (Lipinski definition) is 1. The van der Waals surface area contributed by atoms with Crippen LogP contribution in [0.5, 0.6) is 5.75 Å². The van der Waals surface area contributed by atoms with Gasteiger partial charge in [0.1, 0.15) is 23.9 Å². The zero-order chi connectivity index (χ0) is 27.4. The van der Waals surface area contributed by atoms with Crippen LogP contribution in [0.2, 0.25) is 0 Å². The summed E-state index contributed by atoms with van der Waals surface area (Å²) >= 11 is 0. The first kappa shape index (κ1) is 26.2. The molecule has 1 aliphatic heterocycles. The van der Waals surface area contributed by atoms with E-state index in [0.717, 1.165) is 22.3 Å². The number of ether oxygens (including phenoxy) is 1. The summed E-state index contributed by atoms with van der Waals surface area (Å²) in [5.41, 5.74) is 3.73. The van der Waals surface area contributed by atoms with Crippen LogP contribution in [0.25, 0.3) is 0 Å². The molecule has 1 aliphatic rings. The second kappa shape index (κ2) is 11.6. The number of hydrogen-bond acceptors (Lipinski definition) is 4. The largest absolute Gasteiger partial charge is 0.486 e. The number of amides is 2. The van der Waals surface area contributed by atoms with Crippen molar-refractivity contribution in [2.45, 2.75) is 39.5 Å². The first-order valence-corrected chi connectivity index (χ1v) is 13.1. The molecule has 1 N–H and O–H groups in total. The van der Waals surface area contributed by atoms with Gasteiger partial charge < -0.3 is 19.4 Å². The Morgan fingerprint density at radius 1 is 1.03 bits per heavy atom. The molecule has 39 heavy (non-hydrogen) atoms. The maximum Gasteiger partial charge on any atom is 0.287 e. The second-order valence-corrected chi connectivity index (χ2v) is 9.98. The molecule has 1 aromatic heterocycles. The highest BCUT2D eigenvalue weighted by Gasteiger charge is 2.33. The van der Waals surface area contributed by atoms with Crippen molar-refractivity contribution in [3.63, 3.8) is 0 Å². The highest BCUT2D eigenvalue weighted by molar-refractivity contribution is 5.91. The molecule has 5 rings (SSSR count). The van der Waals surface area contributed by atoms with E-state index >= 15 is 0 Å². The van der Waals surface area contributed by atoms with Gasteiger partial charge >= 0.3 is 0 Å². The van der Waals surface area contributed by atoms with Gasteiger partial charge in [-0.2, -0.15) is 0 Å². The highest BCUT2D eigenvalue weighted by atomic mass is 19.1. The number of halogens is 1. The van der Waals surface area contributed by atoms with E-state index in [9.17, 15) is 14.0 Å².